The SMILES string of the molecule is CN(Cc1cc(-c2ccccc2)no1)Cc1cccc(F)c1F. The van der Waals surface area contributed by atoms with Crippen molar-refractivity contribution in [2.75, 3.05) is 7.05 Å². The van der Waals surface area contributed by atoms with Crippen LogP contribution in [0.25, 0.3) is 11.3 Å². The highest BCUT2D eigenvalue weighted by molar-refractivity contribution is 5.58. The van der Waals surface area contributed by atoms with Gasteiger partial charge in [-0.15, -0.1) is 0 Å². The second-order valence-electron chi connectivity index (χ2n) is 5.43. The molecule has 5 heteroatoms. The van der Waals surface area contributed by atoms with Gasteiger partial charge in [-0.05, 0) is 13.1 Å². The van der Waals surface area contributed by atoms with Crippen LogP contribution >= 0.6 is 0 Å². The average Bonchev–Trinajstić information content (AvgIpc) is 3.01. The molecule has 3 aromatic rings. The molecule has 0 saturated heterocycles. The van der Waals surface area contributed by atoms with Crippen LogP contribution in [-0.4, -0.2) is 17.1 Å². The monoisotopic (exact) mass is 314 g/mol. The minimum absolute atomic E-state index is 0.283. The van der Waals surface area contributed by atoms with E-state index in [2.05, 4.69) is 5.16 Å². The predicted molar refractivity (Wildman–Crippen MR) is 83.5 cm³/mol. The number of aromatic nitrogens is 1. The molecule has 0 N–H and O–H groups in total. The third-order valence-electron chi connectivity index (χ3n) is 3.53. The third kappa shape index (κ3) is 3.63. The van der Waals surface area contributed by atoms with Crippen LogP contribution in [0, 0.1) is 11.6 Å². The Morgan fingerprint density at radius 3 is 2.57 bits per heavy atom. The summed E-state index contributed by atoms with van der Waals surface area (Å²) in [6, 6.07) is 15.8. The van der Waals surface area contributed by atoms with Crippen molar-refractivity contribution in [2.24, 2.45) is 0 Å². The molecule has 0 aliphatic carbocycles. The highest BCUT2D eigenvalue weighted by Crippen LogP contribution is 2.20. The van der Waals surface area contributed by atoms with Gasteiger partial charge in [0.25, 0.3) is 0 Å². The van der Waals surface area contributed by atoms with E-state index in [4.69, 9.17) is 4.52 Å². The minimum atomic E-state index is -0.832. The van der Waals surface area contributed by atoms with Crippen molar-refractivity contribution in [1.82, 2.24) is 10.1 Å². The van der Waals surface area contributed by atoms with Crippen molar-refractivity contribution in [3.8, 4) is 11.3 Å². The van der Waals surface area contributed by atoms with Gasteiger partial charge in [0.05, 0.1) is 6.54 Å². The van der Waals surface area contributed by atoms with E-state index in [1.165, 1.54) is 6.07 Å². The molecule has 0 spiro atoms. The second kappa shape index (κ2) is 6.71. The van der Waals surface area contributed by atoms with Gasteiger partial charge in [0.15, 0.2) is 17.4 Å². The van der Waals surface area contributed by atoms with Gasteiger partial charge in [-0.3, -0.25) is 4.90 Å². The standard InChI is InChI=1S/C18H16F2N2O/c1-22(11-14-8-5-9-16(19)18(14)20)12-15-10-17(21-23-15)13-6-3-2-4-7-13/h2-10H,11-12H2,1H3. The fourth-order valence-corrected chi connectivity index (χ4v) is 2.42. The summed E-state index contributed by atoms with van der Waals surface area (Å²) < 4.78 is 32.2. The third-order valence-corrected chi connectivity index (χ3v) is 3.53. The van der Waals surface area contributed by atoms with Crippen LogP contribution in [0.3, 0.4) is 0 Å². The molecule has 0 amide bonds. The van der Waals surface area contributed by atoms with Gasteiger partial charge in [0.1, 0.15) is 5.69 Å². The molecule has 0 saturated carbocycles. The molecule has 0 aliphatic rings. The Bertz CT molecular complexity index is 787. The first kappa shape index (κ1) is 15.4. The van der Waals surface area contributed by atoms with Crippen molar-refractivity contribution in [2.45, 2.75) is 13.1 Å². The summed E-state index contributed by atoms with van der Waals surface area (Å²) in [4.78, 5) is 1.84. The normalized spacial score (nSPS) is 11.1. The average molecular weight is 314 g/mol. The molecule has 0 atom stereocenters. The molecule has 3 rings (SSSR count). The van der Waals surface area contributed by atoms with Crippen LogP contribution < -0.4 is 0 Å². The number of rotatable bonds is 5. The largest absolute Gasteiger partial charge is 0.359 e. The summed E-state index contributed by atoms with van der Waals surface area (Å²) in [5.74, 6) is -0.966. The van der Waals surface area contributed by atoms with E-state index in [9.17, 15) is 8.78 Å². The van der Waals surface area contributed by atoms with Crippen LogP contribution in [0.2, 0.25) is 0 Å². The molecular formula is C18H16F2N2O. The number of nitrogens with zero attached hydrogens (tertiary/aromatic N) is 2. The lowest BCUT2D eigenvalue weighted by Crippen LogP contribution is -2.18. The predicted octanol–water partition coefficient (Wildman–Crippen LogP) is 4.25. The molecule has 118 valence electrons. The van der Waals surface area contributed by atoms with Crippen molar-refractivity contribution in [1.29, 1.82) is 0 Å². The van der Waals surface area contributed by atoms with Gasteiger partial charge in [0.2, 0.25) is 0 Å². The smallest absolute Gasteiger partial charge is 0.163 e. The van der Waals surface area contributed by atoms with Gasteiger partial charge >= 0.3 is 0 Å². The van der Waals surface area contributed by atoms with Crippen LogP contribution in [0.15, 0.2) is 59.1 Å². The summed E-state index contributed by atoms with van der Waals surface area (Å²) >= 11 is 0. The Hall–Kier alpha value is -2.53. The lowest BCUT2D eigenvalue weighted by atomic mass is 10.1. The maximum absolute atomic E-state index is 13.7. The number of hydrogen-bond donors (Lipinski definition) is 0. The number of hydrogen-bond acceptors (Lipinski definition) is 3. The number of benzene rings is 2. The van der Waals surface area contributed by atoms with Gasteiger partial charge in [0, 0.05) is 23.7 Å². The first-order chi connectivity index (χ1) is 11.1. The van der Waals surface area contributed by atoms with Crippen molar-refractivity contribution < 1.29 is 13.3 Å². The number of halogens is 2. The van der Waals surface area contributed by atoms with Crippen LogP contribution in [-0.2, 0) is 13.1 Å². The fraction of sp³-hybridized carbons (Fsp3) is 0.167. The van der Waals surface area contributed by atoms with Gasteiger partial charge in [-0.1, -0.05) is 47.6 Å². The van der Waals surface area contributed by atoms with Gasteiger partial charge in [-0.2, -0.15) is 0 Å². The summed E-state index contributed by atoms with van der Waals surface area (Å²) in [5, 5.41) is 4.04. The highest BCUT2D eigenvalue weighted by atomic mass is 19.2. The summed E-state index contributed by atoms with van der Waals surface area (Å²) in [7, 11) is 1.81. The van der Waals surface area contributed by atoms with E-state index in [0.717, 1.165) is 17.3 Å². The zero-order chi connectivity index (χ0) is 16.2. The van der Waals surface area contributed by atoms with Crippen LogP contribution in [0.5, 0.6) is 0 Å². The topological polar surface area (TPSA) is 29.3 Å². The Labute approximate surface area is 133 Å². The lowest BCUT2D eigenvalue weighted by Gasteiger charge is -2.15. The Balaban J connectivity index is 1.68. The van der Waals surface area contributed by atoms with Gasteiger partial charge in [-0.25, -0.2) is 8.78 Å². The molecular weight excluding hydrogens is 298 g/mol. The van der Waals surface area contributed by atoms with E-state index in [-0.39, 0.29) is 6.54 Å². The van der Waals surface area contributed by atoms with Crippen LogP contribution in [0.4, 0.5) is 8.78 Å². The molecule has 0 radical (unpaired) electrons. The first-order valence-corrected chi connectivity index (χ1v) is 7.26. The molecule has 0 aliphatic heterocycles. The Morgan fingerprint density at radius 1 is 1.00 bits per heavy atom. The van der Waals surface area contributed by atoms with E-state index in [1.807, 2.05) is 48.3 Å². The molecule has 2 aromatic carbocycles. The molecule has 0 unspecified atom stereocenters. The van der Waals surface area contributed by atoms with Crippen LogP contribution in [0.1, 0.15) is 11.3 Å². The Kier molecular flexibility index (Phi) is 4.48. The van der Waals surface area contributed by atoms with E-state index < -0.39 is 11.6 Å². The first-order valence-electron chi connectivity index (χ1n) is 7.26. The summed E-state index contributed by atoms with van der Waals surface area (Å²) in [5.41, 5.74) is 2.04. The Morgan fingerprint density at radius 2 is 1.78 bits per heavy atom. The zero-order valence-electron chi connectivity index (χ0n) is 12.7. The molecule has 3 nitrogen and oxygen atoms in total. The molecule has 1 aromatic heterocycles. The van der Waals surface area contributed by atoms with Crippen molar-refractivity contribution in [3.63, 3.8) is 0 Å². The summed E-state index contributed by atoms with van der Waals surface area (Å²) in [6.45, 7) is 0.737. The lowest BCUT2D eigenvalue weighted by molar-refractivity contribution is 0.263. The van der Waals surface area contributed by atoms with Crippen molar-refractivity contribution >= 4 is 0 Å². The van der Waals surface area contributed by atoms with E-state index >= 15 is 0 Å². The van der Waals surface area contributed by atoms with E-state index in [0.29, 0.717) is 17.9 Å². The molecule has 0 fully saturated rings. The summed E-state index contributed by atoms with van der Waals surface area (Å²) in [6.07, 6.45) is 0. The second-order valence-corrected chi connectivity index (χ2v) is 5.43. The molecule has 1 heterocycles. The van der Waals surface area contributed by atoms with Crippen molar-refractivity contribution in [3.05, 3.63) is 77.6 Å². The molecule has 0 bridgehead atoms. The quantitative estimate of drug-likeness (QED) is 0.705. The maximum Gasteiger partial charge on any atom is 0.163 e. The highest BCUT2D eigenvalue weighted by Gasteiger charge is 2.12. The fourth-order valence-electron chi connectivity index (χ4n) is 2.42. The van der Waals surface area contributed by atoms with Gasteiger partial charge < -0.3 is 4.52 Å². The maximum atomic E-state index is 13.7. The zero-order valence-corrected chi connectivity index (χ0v) is 12.7. The molecule has 23 heavy (non-hydrogen) atoms. The minimum Gasteiger partial charge on any atom is -0.359 e. The van der Waals surface area contributed by atoms with E-state index in [1.54, 1.807) is 6.07 Å².